The van der Waals surface area contributed by atoms with Crippen LogP contribution in [0.15, 0.2) is 54.9 Å². The highest BCUT2D eigenvalue weighted by Crippen LogP contribution is 2.59. The fourth-order valence-electron chi connectivity index (χ4n) is 13.6. The van der Waals surface area contributed by atoms with Crippen molar-refractivity contribution in [1.29, 1.82) is 5.26 Å². The van der Waals surface area contributed by atoms with E-state index in [-0.39, 0.29) is 47.4 Å². The van der Waals surface area contributed by atoms with Gasteiger partial charge in [0, 0.05) is 123 Å². The van der Waals surface area contributed by atoms with Crippen molar-refractivity contribution in [2.75, 3.05) is 49.1 Å². The number of benzene rings is 2. The first-order valence-corrected chi connectivity index (χ1v) is 26.1. The highest BCUT2D eigenvalue weighted by Gasteiger charge is 2.67. The van der Waals surface area contributed by atoms with Gasteiger partial charge in [-0.25, -0.2) is 13.8 Å². The second kappa shape index (κ2) is 18.4. The number of nitriles is 1. The molecule has 11 rings (SSSR count). The summed E-state index contributed by atoms with van der Waals surface area (Å²) in [4.78, 5) is 56.1. The molecule has 18 heteroatoms. The number of amides is 3. The molecule has 2 aromatic carbocycles. The molecule has 0 radical (unpaired) electrons. The Kier molecular flexibility index (Phi) is 12.3. The van der Waals surface area contributed by atoms with Gasteiger partial charge in [0.1, 0.15) is 23.7 Å². The Morgan fingerprint density at radius 3 is 2.33 bits per heavy atom. The molecule has 1 aliphatic carbocycles. The smallest absolute Gasteiger partial charge is 0.264 e. The van der Waals surface area contributed by atoms with Crippen LogP contribution >= 0.6 is 11.6 Å². The van der Waals surface area contributed by atoms with Crippen molar-refractivity contribution >= 4 is 46.6 Å². The van der Waals surface area contributed by atoms with Crippen LogP contribution in [0, 0.1) is 28.1 Å². The number of hydrogen-bond donors (Lipinski definition) is 0. The number of alkyl halides is 2. The third-order valence-electron chi connectivity index (χ3n) is 16.8. The zero-order valence-corrected chi connectivity index (χ0v) is 43.1. The van der Waals surface area contributed by atoms with Crippen molar-refractivity contribution in [1.82, 2.24) is 39.2 Å². The van der Waals surface area contributed by atoms with E-state index < -0.39 is 17.3 Å². The first-order chi connectivity index (χ1) is 34.9. The molecule has 0 atom stereocenters. The van der Waals surface area contributed by atoms with Crippen LogP contribution in [-0.4, -0.2) is 108 Å². The molecule has 73 heavy (non-hydrogen) atoms. The monoisotopic (exact) mass is 1010 g/mol. The molecule has 5 aliphatic heterocycles. The maximum atomic E-state index is 14.8. The summed E-state index contributed by atoms with van der Waals surface area (Å²) in [5.41, 5.74) is 5.84. The predicted molar refractivity (Wildman–Crippen MR) is 272 cm³/mol. The maximum Gasteiger partial charge on any atom is 0.264 e. The summed E-state index contributed by atoms with van der Waals surface area (Å²) in [5.74, 6) is 2.16. The molecule has 0 bridgehead atoms. The lowest BCUT2D eigenvalue weighted by atomic mass is 9.49. The van der Waals surface area contributed by atoms with Crippen LogP contribution < -0.4 is 14.5 Å². The zero-order valence-electron chi connectivity index (χ0n) is 42.4. The number of rotatable bonds is 9. The number of hydrogen-bond acceptors (Lipinski definition) is 10. The number of carbonyl (C=O) groups excluding carboxylic acids is 3. The normalized spacial score (nSPS) is 21.7. The molecule has 0 spiro atoms. The van der Waals surface area contributed by atoms with Crippen LogP contribution in [0.2, 0.25) is 5.02 Å². The van der Waals surface area contributed by atoms with E-state index in [0.29, 0.717) is 105 Å². The van der Waals surface area contributed by atoms with E-state index in [9.17, 15) is 28.4 Å². The van der Waals surface area contributed by atoms with E-state index in [1.165, 1.54) is 0 Å². The molecule has 382 valence electrons. The standard InChI is InChI=1S/C55H62ClF2N11O4/c1-32(70)66-23-17-45-42(30-66)49(67-18-7-8-34-24-40(36-28-60-63(6)29-36)41(48(57)58)26-46(34)67)62-69(45)37-15-21-65(22-16-37)50(71)33-13-19-64(20-14-33)47-12-11-39-44(61-47)31-68(51(39)72)52-54(2,3)53(55(52,4)5)73-38-10-9-35(27-59)43(56)25-38/h9-12,24-26,28-29,33,37,48,52-53H,7-8,13-23,30-31H2,1-6H3. The van der Waals surface area contributed by atoms with Gasteiger partial charge in [-0.3, -0.25) is 23.7 Å². The number of nitrogens with zero attached hydrogens (tertiary/aromatic N) is 11. The minimum atomic E-state index is -2.69. The second-order valence-electron chi connectivity index (χ2n) is 22.1. The molecule has 15 nitrogen and oxygen atoms in total. The topological polar surface area (TPSA) is 149 Å². The first kappa shape index (κ1) is 48.7. The largest absolute Gasteiger partial charge is 0.489 e. The van der Waals surface area contributed by atoms with Crippen LogP contribution in [-0.2, 0) is 42.6 Å². The zero-order chi connectivity index (χ0) is 51.2. The molecule has 3 aromatic heterocycles. The van der Waals surface area contributed by atoms with Crippen LogP contribution in [0.1, 0.15) is 123 Å². The van der Waals surface area contributed by atoms with E-state index in [1.54, 1.807) is 55.3 Å². The highest BCUT2D eigenvalue weighted by molar-refractivity contribution is 6.31. The number of halogens is 3. The lowest BCUT2D eigenvalue weighted by molar-refractivity contribution is -0.199. The van der Waals surface area contributed by atoms with Gasteiger partial charge in [0.25, 0.3) is 12.3 Å². The quantitative estimate of drug-likeness (QED) is 0.140. The second-order valence-corrected chi connectivity index (χ2v) is 22.5. The Balaban J connectivity index is 0.736. The van der Waals surface area contributed by atoms with E-state index in [2.05, 4.69) is 53.3 Å². The summed E-state index contributed by atoms with van der Waals surface area (Å²) >= 11 is 6.33. The summed E-state index contributed by atoms with van der Waals surface area (Å²) < 4.78 is 39.9. The molecule has 3 amide bonds. The Labute approximate surface area is 429 Å². The number of pyridine rings is 1. The maximum absolute atomic E-state index is 14.8. The predicted octanol–water partition coefficient (Wildman–Crippen LogP) is 9.05. The van der Waals surface area contributed by atoms with Crippen molar-refractivity contribution in [3.8, 4) is 22.9 Å². The minimum absolute atomic E-state index is 0.0122. The molecule has 0 N–H and O–H groups in total. The van der Waals surface area contributed by atoms with Gasteiger partial charge in [0.05, 0.1) is 47.2 Å². The van der Waals surface area contributed by atoms with Gasteiger partial charge in [0.2, 0.25) is 11.8 Å². The van der Waals surface area contributed by atoms with Crippen molar-refractivity contribution in [2.45, 2.75) is 117 Å². The molecule has 8 heterocycles. The van der Waals surface area contributed by atoms with Crippen molar-refractivity contribution in [3.05, 3.63) is 99.1 Å². The molecule has 1 saturated carbocycles. The number of carbonyl (C=O) groups is 3. The molecule has 5 aromatic rings. The van der Waals surface area contributed by atoms with E-state index in [1.807, 2.05) is 32.9 Å². The molecule has 0 unspecified atom stereocenters. The molecule has 3 fully saturated rings. The van der Waals surface area contributed by atoms with Crippen molar-refractivity contribution in [2.24, 2.45) is 23.8 Å². The minimum Gasteiger partial charge on any atom is -0.489 e. The van der Waals surface area contributed by atoms with E-state index in [0.717, 1.165) is 65.5 Å². The van der Waals surface area contributed by atoms with Crippen molar-refractivity contribution in [3.63, 3.8) is 0 Å². The number of anilines is 3. The average molecular weight is 1010 g/mol. The summed E-state index contributed by atoms with van der Waals surface area (Å²) in [7, 11) is 1.78. The first-order valence-electron chi connectivity index (χ1n) is 25.7. The summed E-state index contributed by atoms with van der Waals surface area (Å²) in [6, 6.07) is 14.5. The van der Waals surface area contributed by atoms with Gasteiger partial charge < -0.3 is 29.2 Å². The fraction of sp³-hybridized carbons (Fsp3) is 0.509. The fourth-order valence-corrected chi connectivity index (χ4v) is 13.8. The molecule has 6 aliphatic rings. The molecular weight excluding hydrogens is 952 g/mol. The third-order valence-corrected chi connectivity index (χ3v) is 17.1. The molecular formula is C55H62ClF2N11O4. The summed E-state index contributed by atoms with van der Waals surface area (Å²) in [5, 5.41) is 19.2. The van der Waals surface area contributed by atoms with E-state index >= 15 is 0 Å². The lowest BCUT2D eigenvalue weighted by Crippen LogP contribution is -2.74. The number of aryl methyl sites for hydroxylation is 2. The van der Waals surface area contributed by atoms with Gasteiger partial charge in [0.15, 0.2) is 5.82 Å². The lowest BCUT2D eigenvalue weighted by Gasteiger charge is -2.65. The number of aromatic nitrogens is 5. The molecule has 2 saturated heterocycles. The Bertz CT molecular complexity index is 3060. The Morgan fingerprint density at radius 2 is 1.66 bits per heavy atom. The van der Waals surface area contributed by atoms with Gasteiger partial charge in [-0.1, -0.05) is 39.3 Å². The van der Waals surface area contributed by atoms with Gasteiger partial charge in [-0.05, 0) is 86.1 Å². The van der Waals surface area contributed by atoms with Gasteiger partial charge in [-0.15, -0.1) is 0 Å². The third kappa shape index (κ3) is 8.37. The summed E-state index contributed by atoms with van der Waals surface area (Å²) in [6.45, 7) is 14.7. The number of ether oxygens (including phenoxy) is 1. The Hall–Kier alpha value is -6.54. The van der Waals surface area contributed by atoms with Crippen LogP contribution in [0.25, 0.3) is 11.1 Å². The van der Waals surface area contributed by atoms with Gasteiger partial charge in [-0.2, -0.15) is 15.5 Å². The van der Waals surface area contributed by atoms with Crippen molar-refractivity contribution < 1.29 is 27.9 Å². The highest BCUT2D eigenvalue weighted by atomic mass is 35.5. The van der Waals surface area contributed by atoms with E-state index in [4.69, 9.17) is 26.4 Å². The SMILES string of the molecule is CC(=O)N1CCc2c(c(N3CCCc4cc(-c5cnn(C)c5)c(C(F)F)cc43)nn2C2CCN(C(=O)C3CCN(c4ccc5c(n4)CN(C4C(C)(C)C(Oc6ccc(C#N)c(Cl)c6)C4(C)C)C5=O)CC3)CC2)C1. The number of piperidine rings is 2. The van der Waals surface area contributed by atoms with Crippen LogP contribution in [0.4, 0.5) is 26.1 Å². The average Bonchev–Trinajstić information content (AvgIpc) is 4.08. The van der Waals surface area contributed by atoms with Crippen LogP contribution in [0.5, 0.6) is 5.75 Å². The Morgan fingerprint density at radius 1 is 0.904 bits per heavy atom. The number of likely N-dealkylation sites (tertiary alicyclic amines) is 1. The van der Waals surface area contributed by atoms with Crippen LogP contribution in [0.3, 0.4) is 0 Å². The van der Waals surface area contributed by atoms with Gasteiger partial charge >= 0.3 is 0 Å². The summed E-state index contributed by atoms with van der Waals surface area (Å²) in [6.07, 6.45) is 5.58. The number of fused-ring (bicyclic) bond motifs is 3.